The van der Waals surface area contributed by atoms with Crippen LogP contribution in [-0.2, 0) is 22.3 Å². The Kier molecular flexibility index (Phi) is 4.18. The zero-order valence-electron chi connectivity index (χ0n) is 10.1. The maximum Gasteiger partial charge on any atom is 0.231 e. The van der Waals surface area contributed by atoms with E-state index >= 15 is 0 Å². The van der Waals surface area contributed by atoms with Gasteiger partial charge in [-0.2, -0.15) is 0 Å². The Labute approximate surface area is 115 Å². The number of sulfonamides is 1. The first-order chi connectivity index (χ1) is 8.94. The van der Waals surface area contributed by atoms with Gasteiger partial charge in [0.15, 0.2) is 0 Å². The molecule has 8 heteroatoms. The second-order valence-corrected chi connectivity index (χ2v) is 6.16. The van der Waals surface area contributed by atoms with Gasteiger partial charge >= 0.3 is 0 Å². The smallest absolute Gasteiger partial charge is 0.231 e. The lowest BCUT2D eigenvalue weighted by molar-refractivity contribution is 0.460. The van der Waals surface area contributed by atoms with Crippen LogP contribution in [0.5, 0.6) is 0 Å². The predicted molar refractivity (Wildman–Crippen MR) is 70.0 cm³/mol. The minimum atomic E-state index is -3.46. The van der Waals surface area contributed by atoms with Crippen LogP contribution in [0.2, 0.25) is 5.02 Å². The summed E-state index contributed by atoms with van der Waals surface area (Å²) in [6.07, 6.45) is 0. The van der Waals surface area contributed by atoms with Gasteiger partial charge in [-0.1, -0.05) is 23.7 Å². The van der Waals surface area contributed by atoms with E-state index in [0.717, 1.165) is 0 Å². The van der Waals surface area contributed by atoms with Crippen LogP contribution in [0.4, 0.5) is 0 Å². The number of benzene rings is 1. The molecule has 0 atom stereocenters. The van der Waals surface area contributed by atoms with E-state index < -0.39 is 10.0 Å². The quantitative estimate of drug-likeness (QED) is 0.907. The van der Waals surface area contributed by atoms with Gasteiger partial charge in [-0.15, -0.1) is 10.2 Å². The fourth-order valence-corrected chi connectivity index (χ4v) is 2.63. The molecule has 1 aromatic heterocycles. The van der Waals surface area contributed by atoms with Crippen LogP contribution < -0.4 is 4.72 Å². The summed E-state index contributed by atoms with van der Waals surface area (Å²) in [6, 6.07) is 6.62. The maximum atomic E-state index is 11.8. The molecule has 102 valence electrons. The molecule has 0 spiro atoms. The van der Waals surface area contributed by atoms with Crippen LogP contribution in [0.1, 0.15) is 17.3 Å². The van der Waals surface area contributed by atoms with Gasteiger partial charge in [-0.3, -0.25) is 0 Å². The van der Waals surface area contributed by atoms with E-state index in [9.17, 15) is 8.42 Å². The molecule has 1 N–H and O–H groups in total. The molecule has 0 amide bonds. The van der Waals surface area contributed by atoms with E-state index in [2.05, 4.69) is 14.9 Å². The highest BCUT2D eigenvalue weighted by Gasteiger charge is 2.13. The van der Waals surface area contributed by atoms with Gasteiger partial charge in [0.2, 0.25) is 21.8 Å². The molecule has 6 nitrogen and oxygen atoms in total. The molecule has 0 bridgehead atoms. The highest BCUT2D eigenvalue weighted by Crippen LogP contribution is 2.11. The largest absolute Gasteiger partial charge is 0.424 e. The summed E-state index contributed by atoms with van der Waals surface area (Å²) in [7, 11) is -3.46. The number of aryl methyl sites for hydroxylation is 1. The van der Waals surface area contributed by atoms with Crippen molar-refractivity contribution in [3.8, 4) is 0 Å². The van der Waals surface area contributed by atoms with Crippen LogP contribution >= 0.6 is 11.6 Å². The Bertz CT molecular complexity index is 652. The van der Waals surface area contributed by atoms with E-state index in [1.807, 2.05) is 0 Å². The first-order valence-electron chi connectivity index (χ1n) is 5.45. The average molecular weight is 302 g/mol. The minimum absolute atomic E-state index is 0.0171. The number of nitrogens with zero attached hydrogens (tertiary/aromatic N) is 2. The third kappa shape index (κ3) is 4.30. The van der Waals surface area contributed by atoms with Crippen LogP contribution in [0.25, 0.3) is 0 Å². The van der Waals surface area contributed by atoms with E-state index in [1.165, 1.54) is 0 Å². The van der Waals surface area contributed by atoms with Crippen molar-refractivity contribution in [2.24, 2.45) is 0 Å². The first-order valence-corrected chi connectivity index (χ1v) is 7.48. The minimum Gasteiger partial charge on any atom is -0.424 e. The number of halogens is 1. The van der Waals surface area contributed by atoms with Crippen molar-refractivity contribution in [1.82, 2.24) is 14.9 Å². The monoisotopic (exact) mass is 301 g/mol. The van der Waals surface area contributed by atoms with Crippen molar-refractivity contribution < 1.29 is 12.8 Å². The van der Waals surface area contributed by atoms with Gasteiger partial charge in [0.05, 0.1) is 12.3 Å². The molecule has 0 saturated heterocycles. The highest BCUT2D eigenvalue weighted by molar-refractivity contribution is 7.88. The Morgan fingerprint density at radius 3 is 2.53 bits per heavy atom. The number of hydrogen-bond acceptors (Lipinski definition) is 5. The van der Waals surface area contributed by atoms with Crippen molar-refractivity contribution in [3.05, 3.63) is 46.6 Å². The van der Waals surface area contributed by atoms with Crippen molar-refractivity contribution in [1.29, 1.82) is 0 Å². The summed E-state index contributed by atoms with van der Waals surface area (Å²) in [5.41, 5.74) is 0.651. The Morgan fingerprint density at radius 2 is 1.95 bits per heavy atom. The summed E-state index contributed by atoms with van der Waals surface area (Å²) >= 11 is 5.73. The van der Waals surface area contributed by atoms with Crippen molar-refractivity contribution in [3.63, 3.8) is 0 Å². The summed E-state index contributed by atoms with van der Waals surface area (Å²) in [5, 5.41) is 7.89. The zero-order chi connectivity index (χ0) is 13.9. The van der Waals surface area contributed by atoms with Gasteiger partial charge in [0, 0.05) is 11.9 Å². The van der Waals surface area contributed by atoms with Crippen molar-refractivity contribution in [2.45, 2.75) is 19.2 Å². The molecule has 2 aromatic rings. The van der Waals surface area contributed by atoms with E-state index in [4.69, 9.17) is 16.0 Å². The van der Waals surface area contributed by atoms with Crippen LogP contribution in [0.15, 0.2) is 28.7 Å². The van der Waals surface area contributed by atoms with E-state index in [0.29, 0.717) is 16.5 Å². The Hall–Kier alpha value is -1.44. The summed E-state index contributed by atoms with van der Waals surface area (Å²) in [6.45, 7) is 1.62. The zero-order valence-corrected chi connectivity index (χ0v) is 11.7. The fraction of sp³-hybridized carbons (Fsp3) is 0.273. The van der Waals surface area contributed by atoms with Crippen molar-refractivity contribution >= 4 is 21.6 Å². The lowest BCUT2D eigenvalue weighted by Crippen LogP contribution is -2.24. The Balaban J connectivity index is 1.97. The molecule has 19 heavy (non-hydrogen) atoms. The molecule has 0 aliphatic heterocycles. The number of aromatic nitrogens is 2. The van der Waals surface area contributed by atoms with E-state index in [-0.39, 0.29) is 18.2 Å². The topological polar surface area (TPSA) is 85.1 Å². The normalized spacial score (nSPS) is 11.7. The maximum absolute atomic E-state index is 11.8. The number of rotatable bonds is 5. The summed E-state index contributed by atoms with van der Waals surface area (Å²) in [4.78, 5) is 0. The van der Waals surface area contributed by atoms with Gasteiger partial charge < -0.3 is 4.42 Å². The molecular formula is C11H12ClN3O3S. The van der Waals surface area contributed by atoms with Gasteiger partial charge in [0.1, 0.15) is 0 Å². The first kappa shape index (κ1) is 14.0. The molecule has 0 unspecified atom stereocenters. The van der Waals surface area contributed by atoms with Gasteiger partial charge in [-0.05, 0) is 17.7 Å². The molecular weight excluding hydrogens is 290 g/mol. The number of hydrogen-bond donors (Lipinski definition) is 1. The Morgan fingerprint density at radius 1 is 1.26 bits per heavy atom. The molecule has 0 fully saturated rings. The highest BCUT2D eigenvalue weighted by atomic mass is 35.5. The standard InChI is InChI=1S/C11H12ClN3O3S/c1-8-14-15-11(18-8)6-13-19(16,17)7-9-2-4-10(12)5-3-9/h2-5,13H,6-7H2,1H3. The number of nitrogens with one attached hydrogen (secondary N) is 1. The lowest BCUT2D eigenvalue weighted by atomic mass is 10.2. The molecule has 0 radical (unpaired) electrons. The van der Waals surface area contributed by atoms with E-state index in [1.54, 1.807) is 31.2 Å². The van der Waals surface area contributed by atoms with Crippen LogP contribution in [-0.4, -0.2) is 18.6 Å². The second kappa shape index (κ2) is 5.68. The SMILES string of the molecule is Cc1nnc(CNS(=O)(=O)Cc2ccc(Cl)cc2)o1. The average Bonchev–Trinajstić information content (AvgIpc) is 2.76. The van der Waals surface area contributed by atoms with Gasteiger partial charge in [-0.25, -0.2) is 13.1 Å². The summed E-state index contributed by atoms with van der Waals surface area (Å²) in [5.74, 6) is 0.501. The van der Waals surface area contributed by atoms with Crippen LogP contribution in [0, 0.1) is 6.92 Å². The third-order valence-electron chi connectivity index (χ3n) is 2.28. The molecule has 0 aliphatic rings. The molecule has 1 aromatic carbocycles. The second-order valence-electron chi connectivity index (χ2n) is 3.92. The molecule has 1 heterocycles. The lowest BCUT2D eigenvalue weighted by Gasteiger charge is -2.04. The van der Waals surface area contributed by atoms with Crippen LogP contribution in [0.3, 0.4) is 0 Å². The molecule has 0 saturated carbocycles. The van der Waals surface area contributed by atoms with Crippen molar-refractivity contribution in [2.75, 3.05) is 0 Å². The molecule has 0 aliphatic carbocycles. The third-order valence-corrected chi connectivity index (χ3v) is 3.83. The molecule has 2 rings (SSSR count). The fourth-order valence-electron chi connectivity index (χ4n) is 1.43. The summed E-state index contributed by atoms with van der Waals surface area (Å²) < 4.78 is 31.1. The van der Waals surface area contributed by atoms with Gasteiger partial charge in [0.25, 0.3) is 0 Å². The predicted octanol–water partition coefficient (Wildman–Crippen LogP) is 1.65.